The molecule has 0 fully saturated rings. The molecule has 210 valence electrons. The third kappa shape index (κ3) is 5.98. The number of hydrogen-bond donors (Lipinski definition) is 3. The molecule has 0 saturated carbocycles. The summed E-state index contributed by atoms with van der Waals surface area (Å²) in [5, 5.41) is 11.6. The van der Waals surface area contributed by atoms with Gasteiger partial charge in [-0.25, -0.2) is 9.59 Å². The minimum absolute atomic E-state index is 0.160. The summed E-state index contributed by atoms with van der Waals surface area (Å²) in [6.45, 7) is 3.51. The number of rotatable bonds is 7. The molecule has 3 aromatic carbocycles. The minimum atomic E-state index is -0.992. The van der Waals surface area contributed by atoms with E-state index in [2.05, 4.69) is 5.32 Å². The van der Waals surface area contributed by atoms with Crippen LogP contribution in [0.15, 0.2) is 65.5 Å². The number of carboxylic acids is 1. The molecule has 40 heavy (non-hydrogen) atoms. The lowest BCUT2D eigenvalue weighted by Crippen LogP contribution is -2.35. The maximum Gasteiger partial charge on any atom is 0.335 e. The number of benzene rings is 3. The molecule has 11 nitrogen and oxygen atoms in total. The first-order valence-electron chi connectivity index (χ1n) is 12.1. The van der Waals surface area contributed by atoms with E-state index in [4.69, 9.17) is 20.3 Å². The first-order chi connectivity index (χ1) is 18.8. The first-order valence-corrected chi connectivity index (χ1v) is 12.1. The van der Waals surface area contributed by atoms with Gasteiger partial charge >= 0.3 is 11.7 Å². The molecular formula is C29H32N4O7. The summed E-state index contributed by atoms with van der Waals surface area (Å²) in [4.78, 5) is 46.2. The smallest absolute Gasteiger partial charge is 0.335 e. The Labute approximate surface area is 230 Å². The number of nitrogens with zero attached hydrogens (tertiary/aromatic N) is 2. The van der Waals surface area contributed by atoms with Gasteiger partial charge in [-0.2, -0.15) is 0 Å². The quantitative estimate of drug-likeness (QED) is 0.320. The minimum Gasteiger partial charge on any atom is -0.493 e. The number of nitrogens with one attached hydrogen (secondary N) is 1. The van der Waals surface area contributed by atoms with E-state index in [0.717, 1.165) is 11.1 Å². The van der Waals surface area contributed by atoms with Gasteiger partial charge in [0.25, 0.3) is 5.91 Å². The molecule has 0 saturated heterocycles. The van der Waals surface area contributed by atoms with E-state index in [-0.39, 0.29) is 17.2 Å². The number of anilines is 1. The Morgan fingerprint density at radius 1 is 0.825 bits per heavy atom. The fraction of sp³-hybridized carbons (Fsp3) is 0.241. The number of imidazole rings is 1. The lowest BCUT2D eigenvalue weighted by atomic mass is 9.84. The van der Waals surface area contributed by atoms with Gasteiger partial charge in [-0.1, -0.05) is 12.1 Å². The van der Waals surface area contributed by atoms with Crippen LogP contribution in [0.2, 0.25) is 0 Å². The number of nitrogens with two attached hydrogens (primary N) is 1. The van der Waals surface area contributed by atoms with E-state index >= 15 is 0 Å². The molecule has 1 heterocycles. The molecule has 0 radical (unpaired) electrons. The summed E-state index contributed by atoms with van der Waals surface area (Å²) < 4.78 is 13.3. The van der Waals surface area contributed by atoms with Crippen molar-refractivity contribution < 1.29 is 29.0 Å². The second-order valence-electron chi connectivity index (χ2n) is 9.50. The Kier molecular flexibility index (Phi) is 8.68. The number of methoxy groups -OCH3 is 2. The van der Waals surface area contributed by atoms with Crippen molar-refractivity contribution in [2.75, 3.05) is 19.5 Å². The molecule has 0 atom stereocenters. The fourth-order valence-corrected chi connectivity index (χ4v) is 3.93. The van der Waals surface area contributed by atoms with Gasteiger partial charge in [-0.05, 0) is 67.9 Å². The second kappa shape index (κ2) is 11.8. The predicted molar refractivity (Wildman–Crippen MR) is 151 cm³/mol. The van der Waals surface area contributed by atoms with Crippen LogP contribution < -0.4 is 26.2 Å². The molecule has 4 N–H and O–H groups in total. The van der Waals surface area contributed by atoms with Crippen molar-refractivity contribution in [1.82, 2.24) is 9.13 Å². The number of primary amides is 1. The number of aryl methyl sites for hydroxylation is 2. The Bertz CT molecular complexity index is 1630. The molecule has 0 bridgehead atoms. The molecule has 0 unspecified atom stereocenters. The number of amides is 2. The van der Waals surface area contributed by atoms with Crippen LogP contribution in [0.5, 0.6) is 11.5 Å². The highest BCUT2D eigenvalue weighted by atomic mass is 16.5. The maximum absolute atomic E-state index is 12.4. The van der Waals surface area contributed by atoms with E-state index in [1.54, 1.807) is 76.5 Å². The van der Waals surface area contributed by atoms with Crippen LogP contribution in [0, 0.1) is 0 Å². The SMILES string of the molecule is COc1ccc(C(=O)Nc2ccc(C(C)(C)C(N)=O)cc2)cc1OC.Cn1c(=O)n(C)c2cc(C(=O)O)ccc21. The van der Waals surface area contributed by atoms with Gasteiger partial charge in [-0.15, -0.1) is 0 Å². The van der Waals surface area contributed by atoms with Crippen molar-refractivity contribution >= 4 is 34.5 Å². The molecule has 0 spiro atoms. The van der Waals surface area contributed by atoms with Crippen LogP contribution in [-0.4, -0.2) is 46.2 Å². The van der Waals surface area contributed by atoms with Crippen LogP contribution in [0.3, 0.4) is 0 Å². The number of carboxylic acid groups (broad SMARTS) is 1. The molecule has 0 aliphatic carbocycles. The van der Waals surface area contributed by atoms with E-state index in [9.17, 15) is 19.2 Å². The Morgan fingerprint density at radius 3 is 1.95 bits per heavy atom. The second-order valence-corrected chi connectivity index (χ2v) is 9.50. The number of hydrogen-bond acceptors (Lipinski definition) is 6. The van der Waals surface area contributed by atoms with Crippen molar-refractivity contribution in [2.24, 2.45) is 19.8 Å². The van der Waals surface area contributed by atoms with Crippen molar-refractivity contribution in [1.29, 1.82) is 0 Å². The van der Waals surface area contributed by atoms with Crippen molar-refractivity contribution in [3.63, 3.8) is 0 Å². The third-order valence-electron chi connectivity index (χ3n) is 6.65. The van der Waals surface area contributed by atoms with Gasteiger partial charge in [0.05, 0.1) is 36.2 Å². The zero-order valence-corrected chi connectivity index (χ0v) is 23.1. The van der Waals surface area contributed by atoms with E-state index < -0.39 is 17.3 Å². The lowest BCUT2D eigenvalue weighted by molar-refractivity contribution is -0.122. The largest absolute Gasteiger partial charge is 0.493 e. The van der Waals surface area contributed by atoms with Gasteiger partial charge in [0.1, 0.15) is 0 Å². The molecule has 11 heteroatoms. The van der Waals surface area contributed by atoms with Crippen LogP contribution in [0.1, 0.15) is 40.1 Å². The van der Waals surface area contributed by atoms with Gasteiger partial charge in [0.2, 0.25) is 5.91 Å². The summed E-state index contributed by atoms with van der Waals surface area (Å²) >= 11 is 0. The number of carbonyl (C=O) groups excluding carboxylic acids is 2. The first kappa shape index (κ1) is 29.5. The summed E-state index contributed by atoms with van der Waals surface area (Å²) in [5.41, 5.74) is 7.87. The Balaban J connectivity index is 0.000000249. The fourth-order valence-electron chi connectivity index (χ4n) is 3.93. The lowest BCUT2D eigenvalue weighted by Gasteiger charge is -2.21. The molecule has 4 rings (SSSR count). The zero-order chi connectivity index (χ0) is 29.8. The monoisotopic (exact) mass is 548 g/mol. The number of fused-ring (bicyclic) bond motifs is 1. The van der Waals surface area contributed by atoms with Crippen molar-refractivity contribution in [3.8, 4) is 11.5 Å². The van der Waals surface area contributed by atoms with E-state index in [1.165, 1.54) is 35.5 Å². The van der Waals surface area contributed by atoms with E-state index in [1.807, 2.05) is 0 Å². The summed E-state index contributed by atoms with van der Waals surface area (Å²) in [6.07, 6.45) is 0. The van der Waals surface area contributed by atoms with Gasteiger partial charge in [0.15, 0.2) is 11.5 Å². The number of aromatic nitrogens is 2. The van der Waals surface area contributed by atoms with Crippen LogP contribution in [0.25, 0.3) is 11.0 Å². The molecule has 0 aliphatic rings. The Hall–Kier alpha value is -5.06. The van der Waals surface area contributed by atoms with Crippen LogP contribution in [-0.2, 0) is 24.3 Å². The zero-order valence-electron chi connectivity index (χ0n) is 23.1. The average molecular weight is 549 g/mol. The van der Waals surface area contributed by atoms with Gasteiger partial charge in [0, 0.05) is 25.3 Å². The summed E-state index contributed by atoms with van der Waals surface area (Å²) in [7, 11) is 6.33. The molecule has 1 aromatic heterocycles. The molecule has 4 aromatic rings. The molecule has 0 aliphatic heterocycles. The normalized spacial score (nSPS) is 10.8. The average Bonchev–Trinajstić information content (AvgIpc) is 3.16. The summed E-state index contributed by atoms with van der Waals surface area (Å²) in [5.74, 6) is -0.642. The highest BCUT2D eigenvalue weighted by Crippen LogP contribution is 2.28. The topological polar surface area (TPSA) is 155 Å². The third-order valence-corrected chi connectivity index (χ3v) is 6.65. The number of ether oxygens (including phenoxy) is 2. The standard InChI is InChI=1S/C19H22N2O4.C10H10N2O3/c1-19(2,18(20)23)13-6-8-14(9-7-13)21-17(22)12-5-10-15(24-3)16(11-12)25-4;1-11-7-4-3-6(9(13)14)5-8(7)12(2)10(11)15/h5-11H,1-4H3,(H2,20,23)(H,21,22);3-5H,1-2H3,(H,13,14). The van der Waals surface area contributed by atoms with Crippen molar-refractivity contribution in [3.05, 3.63) is 87.8 Å². The van der Waals surface area contributed by atoms with Gasteiger partial charge < -0.3 is 25.6 Å². The maximum atomic E-state index is 12.4. The molecule has 2 amide bonds. The van der Waals surface area contributed by atoms with Gasteiger partial charge in [-0.3, -0.25) is 18.7 Å². The van der Waals surface area contributed by atoms with E-state index in [0.29, 0.717) is 28.3 Å². The number of carbonyl (C=O) groups is 3. The van der Waals surface area contributed by atoms with Crippen molar-refractivity contribution in [2.45, 2.75) is 19.3 Å². The summed E-state index contributed by atoms with van der Waals surface area (Å²) in [6, 6.07) is 16.6. The number of aromatic carboxylic acids is 1. The predicted octanol–water partition coefficient (Wildman–Crippen LogP) is 3.29. The molecular weight excluding hydrogens is 516 g/mol. The Morgan fingerprint density at radius 2 is 1.40 bits per heavy atom. The van der Waals surface area contributed by atoms with Crippen LogP contribution in [0.4, 0.5) is 5.69 Å². The highest BCUT2D eigenvalue weighted by Gasteiger charge is 2.27. The van der Waals surface area contributed by atoms with Crippen LogP contribution >= 0.6 is 0 Å². The highest BCUT2D eigenvalue weighted by molar-refractivity contribution is 6.04.